The second-order valence-electron chi connectivity index (χ2n) is 5.94. The highest BCUT2D eigenvalue weighted by Crippen LogP contribution is 2.41. The zero-order chi connectivity index (χ0) is 15.8. The highest BCUT2D eigenvalue weighted by Gasteiger charge is 2.25. The summed E-state index contributed by atoms with van der Waals surface area (Å²) in [7, 11) is 0. The first-order valence-corrected chi connectivity index (χ1v) is 7.80. The van der Waals surface area contributed by atoms with E-state index in [2.05, 4.69) is 11.9 Å². The van der Waals surface area contributed by atoms with Gasteiger partial charge >= 0.3 is 0 Å². The smallest absolute Gasteiger partial charge is 0.131 e. The van der Waals surface area contributed by atoms with E-state index in [0.29, 0.717) is 0 Å². The number of rotatable bonds is 3. The van der Waals surface area contributed by atoms with Crippen molar-refractivity contribution in [3.05, 3.63) is 72.1 Å². The van der Waals surface area contributed by atoms with Crippen LogP contribution in [0.4, 0.5) is 4.39 Å². The Balaban J connectivity index is 1.62. The maximum Gasteiger partial charge on any atom is 0.131 e. The lowest BCUT2D eigenvalue weighted by Gasteiger charge is -2.13. The van der Waals surface area contributed by atoms with Gasteiger partial charge in [0.25, 0.3) is 0 Å². The van der Waals surface area contributed by atoms with Crippen LogP contribution in [0.15, 0.2) is 55.1 Å². The molecule has 0 aliphatic heterocycles. The fourth-order valence-corrected chi connectivity index (χ4v) is 3.23. The Bertz CT molecular complexity index is 825. The minimum absolute atomic E-state index is 0.118. The molecule has 4 heteroatoms. The van der Waals surface area contributed by atoms with E-state index in [-0.39, 0.29) is 11.7 Å². The van der Waals surface area contributed by atoms with E-state index < -0.39 is 0 Å². The lowest BCUT2D eigenvalue weighted by atomic mass is 10.0. The molecular weight excluding hydrogens is 291 g/mol. The number of hydrogen-bond acceptors (Lipinski definition) is 2. The van der Waals surface area contributed by atoms with Gasteiger partial charge < -0.3 is 9.30 Å². The highest BCUT2D eigenvalue weighted by molar-refractivity contribution is 5.48. The van der Waals surface area contributed by atoms with Crippen LogP contribution in [0.3, 0.4) is 0 Å². The predicted octanol–water partition coefficient (Wildman–Crippen LogP) is 4.85. The third-order valence-electron chi connectivity index (χ3n) is 4.45. The number of aromatic nitrogens is 2. The van der Waals surface area contributed by atoms with Crippen LogP contribution >= 0.6 is 0 Å². The molecule has 0 unspecified atom stereocenters. The minimum atomic E-state index is -0.118. The quantitative estimate of drug-likeness (QED) is 0.691. The van der Waals surface area contributed by atoms with E-state index in [1.165, 1.54) is 6.07 Å². The number of fused-ring (bicyclic) bond motifs is 1. The zero-order valence-electron chi connectivity index (χ0n) is 12.9. The Labute approximate surface area is 134 Å². The molecule has 1 aliphatic carbocycles. The lowest BCUT2D eigenvalue weighted by Crippen LogP contribution is -1.96. The van der Waals surface area contributed by atoms with Crippen molar-refractivity contribution in [3.8, 4) is 17.2 Å². The van der Waals surface area contributed by atoms with Gasteiger partial charge in [-0.1, -0.05) is 6.92 Å². The lowest BCUT2D eigenvalue weighted by molar-refractivity contribution is 0.474. The van der Waals surface area contributed by atoms with Crippen LogP contribution in [0.1, 0.15) is 30.4 Å². The number of hydrogen-bond donors (Lipinski definition) is 0. The van der Waals surface area contributed by atoms with Crippen LogP contribution in [0.2, 0.25) is 0 Å². The molecule has 0 amide bonds. The molecule has 1 heterocycles. The number of ether oxygens (including phenoxy) is 1. The van der Waals surface area contributed by atoms with Crippen molar-refractivity contribution in [2.75, 3.05) is 0 Å². The molecule has 1 aromatic heterocycles. The van der Waals surface area contributed by atoms with Crippen molar-refractivity contribution < 1.29 is 9.13 Å². The standard InChI is InChI=1S/C19H17FN2O/c1-13-2-7-16-18(9-8-17(20)19(13)16)23-15-5-3-14(4-6-15)22-11-10-21-12-22/h3-6,8-13H,2,7H2,1H3/t13-/m1/s1. The molecule has 116 valence electrons. The summed E-state index contributed by atoms with van der Waals surface area (Å²) in [5, 5.41) is 0. The van der Waals surface area contributed by atoms with Crippen molar-refractivity contribution in [3.63, 3.8) is 0 Å². The molecule has 0 bridgehead atoms. The van der Waals surface area contributed by atoms with E-state index in [1.807, 2.05) is 35.0 Å². The number of halogens is 1. The molecule has 3 nitrogen and oxygen atoms in total. The van der Waals surface area contributed by atoms with Crippen molar-refractivity contribution in [2.24, 2.45) is 0 Å². The zero-order valence-corrected chi connectivity index (χ0v) is 12.9. The Hall–Kier alpha value is -2.62. The number of nitrogens with zero attached hydrogens (tertiary/aromatic N) is 2. The average molecular weight is 308 g/mol. The monoisotopic (exact) mass is 308 g/mol. The molecule has 0 radical (unpaired) electrons. The Kier molecular flexibility index (Phi) is 3.37. The molecule has 1 atom stereocenters. The van der Waals surface area contributed by atoms with Crippen LogP contribution in [0.25, 0.3) is 5.69 Å². The predicted molar refractivity (Wildman–Crippen MR) is 86.8 cm³/mol. The first kappa shape index (κ1) is 14.0. The van der Waals surface area contributed by atoms with Gasteiger partial charge in [0.15, 0.2) is 0 Å². The largest absolute Gasteiger partial charge is 0.457 e. The van der Waals surface area contributed by atoms with Crippen molar-refractivity contribution >= 4 is 0 Å². The first-order chi connectivity index (χ1) is 11.2. The topological polar surface area (TPSA) is 27.1 Å². The van der Waals surface area contributed by atoms with Gasteiger partial charge in [0.2, 0.25) is 0 Å². The second kappa shape index (κ2) is 5.54. The molecule has 1 aliphatic rings. The Morgan fingerprint density at radius 1 is 1.17 bits per heavy atom. The van der Waals surface area contributed by atoms with Gasteiger partial charge in [-0.2, -0.15) is 0 Å². The minimum Gasteiger partial charge on any atom is -0.457 e. The summed E-state index contributed by atoms with van der Waals surface area (Å²) in [6.45, 7) is 2.07. The van der Waals surface area contributed by atoms with E-state index in [0.717, 1.165) is 41.2 Å². The third kappa shape index (κ3) is 2.50. The Morgan fingerprint density at radius 3 is 2.74 bits per heavy atom. The molecule has 3 aromatic rings. The van der Waals surface area contributed by atoms with E-state index in [4.69, 9.17) is 4.74 Å². The summed E-state index contributed by atoms with van der Waals surface area (Å²) < 4.78 is 21.9. The van der Waals surface area contributed by atoms with Crippen LogP contribution in [0.5, 0.6) is 11.5 Å². The third-order valence-corrected chi connectivity index (χ3v) is 4.45. The van der Waals surface area contributed by atoms with Crippen LogP contribution in [-0.4, -0.2) is 9.55 Å². The summed E-state index contributed by atoms with van der Waals surface area (Å²) in [5.74, 6) is 1.66. The van der Waals surface area contributed by atoms with Gasteiger partial charge in [0.05, 0.1) is 6.33 Å². The molecule has 0 N–H and O–H groups in total. The van der Waals surface area contributed by atoms with Crippen LogP contribution in [-0.2, 0) is 6.42 Å². The summed E-state index contributed by atoms with van der Waals surface area (Å²) >= 11 is 0. The summed E-state index contributed by atoms with van der Waals surface area (Å²) in [6.07, 6.45) is 7.24. The number of benzene rings is 2. The second-order valence-corrected chi connectivity index (χ2v) is 5.94. The summed E-state index contributed by atoms with van der Waals surface area (Å²) in [4.78, 5) is 4.04. The molecule has 0 spiro atoms. The molecular formula is C19H17FN2O. The maximum absolute atomic E-state index is 14.0. The molecule has 0 saturated heterocycles. The summed E-state index contributed by atoms with van der Waals surface area (Å²) in [5.41, 5.74) is 2.85. The first-order valence-electron chi connectivity index (χ1n) is 7.80. The van der Waals surface area contributed by atoms with Crippen molar-refractivity contribution in [1.82, 2.24) is 9.55 Å². The normalized spacial score (nSPS) is 16.3. The molecule has 2 aromatic carbocycles. The highest BCUT2D eigenvalue weighted by atomic mass is 19.1. The van der Waals surface area contributed by atoms with Gasteiger partial charge in [0, 0.05) is 23.6 Å². The van der Waals surface area contributed by atoms with Gasteiger partial charge in [-0.15, -0.1) is 0 Å². The molecule has 4 rings (SSSR count). The fraction of sp³-hybridized carbons (Fsp3) is 0.211. The van der Waals surface area contributed by atoms with E-state index in [1.54, 1.807) is 18.6 Å². The summed E-state index contributed by atoms with van der Waals surface area (Å²) in [6, 6.07) is 11.0. The maximum atomic E-state index is 14.0. The molecule has 0 saturated carbocycles. The SMILES string of the molecule is C[C@@H]1CCc2c(Oc3ccc(-n4ccnc4)cc3)ccc(F)c21. The van der Waals surface area contributed by atoms with E-state index >= 15 is 0 Å². The number of imidazole rings is 1. The molecule has 23 heavy (non-hydrogen) atoms. The fourth-order valence-electron chi connectivity index (χ4n) is 3.23. The van der Waals surface area contributed by atoms with Crippen LogP contribution < -0.4 is 4.74 Å². The van der Waals surface area contributed by atoms with Gasteiger partial charge in [-0.25, -0.2) is 9.37 Å². The van der Waals surface area contributed by atoms with Gasteiger partial charge in [-0.3, -0.25) is 0 Å². The van der Waals surface area contributed by atoms with Crippen LogP contribution in [0, 0.1) is 5.82 Å². The average Bonchev–Trinajstić information content (AvgIpc) is 3.21. The van der Waals surface area contributed by atoms with Crippen molar-refractivity contribution in [2.45, 2.75) is 25.7 Å². The molecule has 0 fully saturated rings. The van der Waals surface area contributed by atoms with E-state index in [9.17, 15) is 4.39 Å². The van der Waals surface area contributed by atoms with Gasteiger partial charge in [0.1, 0.15) is 17.3 Å². The van der Waals surface area contributed by atoms with Gasteiger partial charge in [-0.05, 0) is 60.7 Å². The van der Waals surface area contributed by atoms with Crippen molar-refractivity contribution in [1.29, 1.82) is 0 Å². The Morgan fingerprint density at radius 2 is 2.00 bits per heavy atom.